The highest BCUT2D eigenvalue weighted by molar-refractivity contribution is 7.18. The van der Waals surface area contributed by atoms with Gasteiger partial charge in [-0.1, -0.05) is 11.3 Å². The average Bonchev–Trinajstić information content (AvgIpc) is 2.46. The van der Waals surface area contributed by atoms with Crippen LogP contribution in [0.2, 0.25) is 0 Å². The molecule has 0 N–H and O–H groups in total. The van der Waals surface area contributed by atoms with Gasteiger partial charge in [-0.2, -0.15) is 5.26 Å². The number of nitriles is 1. The van der Waals surface area contributed by atoms with Crippen LogP contribution in [-0.2, 0) is 0 Å². The van der Waals surface area contributed by atoms with Crippen LogP contribution in [-0.4, -0.2) is 15.0 Å². The molecule has 4 nitrogen and oxygen atoms in total. The summed E-state index contributed by atoms with van der Waals surface area (Å²) in [6.07, 6.45) is 3.14. The summed E-state index contributed by atoms with van der Waals surface area (Å²) in [7, 11) is 0. The Bertz CT molecular complexity index is 394. The molecule has 5 heteroatoms. The van der Waals surface area contributed by atoms with Gasteiger partial charge in [0.1, 0.15) is 6.07 Å². The first-order valence-corrected chi connectivity index (χ1v) is 3.69. The van der Waals surface area contributed by atoms with E-state index in [1.54, 1.807) is 12.4 Å². The zero-order valence-corrected chi connectivity index (χ0v) is 6.17. The molecule has 0 spiro atoms. The second-order valence-corrected chi connectivity index (χ2v) is 2.79. The Morgan fingerprint density at radius 1 is 1.36 bits per heavy atom. The van der Waals surface area contributed by atoms with Crippen LogP contribution >= 0.6 is 11.3 Å². The molecule has 0 aromatic carbocycles. The molecule has 52 valence electrons. The van der Waals surface area contributed by atoms with Crippen molar-refractivity contribution in [3.05, 3.63) is 17.4 Å². The predicted octanol–water partition coefficient (Wildman–Crippen LogP) is 0.958. The van der Waals surface area contributed by atoms with Crippen LogP contribution in [0, 0.1) is 11.3 Å². The molecule has 0 aliphatic rings. The molecule has 0 bridgehead atoms. The summed E-state index contributed by atoms with van der Waals surface area (Å²) in [6.45, 7) is 0. The maximum atomic E-state index is 8.48. The van der Waals surface area contributed by atoms with Crippen molar-refractivity contribution >= 4 is 21.8 Å². The van der Waals surface area contributed by atoms with Gasteiger partial charge >= 0.3 is 0 Å². The summed E-state index contributed by atoms with van der Waals surface area (Å²) in [4.78, 5) is 12.6. The maximum Gasteiger partial charge on any atom is 0.198 e. The standard InChI is InChI=1S/C6H2N4S/c7-3-4-10-5-6(11-4)9-2-1-8-5/h1-2H. The molecule has 0 radical (unpaired) electrons. The lowest BCUT2D eigenvalue weighted by atomic mass is 10.7. The van der Waals surface area contributed by atoms with Crippen LogP contribution in [0.15, 0.2) is 12.4 Å². The summed E-state index contributed by atoms with van der Waals surface area (Å²) < 4.78 is 0. The van der Waals surface area contributed by atoms with Crippen molar-refractivity contribution in [2.75, 3.05) is 0 Å². The van der Waals surface area contributed by atoms with E-state index in [2.05, 4.69) is 15.0 Å². The molecule has 0 atom stereocenters. The fourth-order valence-electron chi connectivity index (χ4n) is 0.725. The van der Waals surface area contributed by atoms with Crippen LogP contribution in [0.5, 0.6) is 0 Å². The van der Waals surface area contributed by atoms with E-state index >= 15 is 0 Å². The van der Waals surface area contributed by atoms with Crippen molar-refractivity contribution in [3.63, 3.8) is 0 Å². The van der Waals surface area contributed by atoms with E-state index in [0.29, 0.717) is 15.5 Å². The van der Waals surface area contributed by atoms with Crippen LogP contribution < -0.4 is 0 Å². The van der Waals surface area contributed by atoms with E-state index in [4.69, 9.17) is 5.26 Å². The Hall–Kier alpha value is -1.54. The Morgan fingerprint density at radius 3 is 2.91 bits per heavy atom. The number of nitrogens with zero attached hydrogens (tertiary/aromatic N) is 4. The lowest BCUT2D eigenvalue weighted by Crippen LogP contribution is -1.76. The predicted molar refractivity (Wildman–Crippen MR) is 39.9 cm³/mol. The van der Waals surface area contributed by atoms with Gasteiger partial charge < -0.3 is 0 Å². The van der Waals surface area contributed by atoms with Crippen molar-refractivity contribution in [2.45, 2.75) is 0 Å². The quantitative estimate of drug-likeness (QED) is 0.578. The van der Waals surface area contributed by atoms with Gasteiger partial charge in [-0.15, -0.1) is 0 Å². The molecule has 2 rings (SSSR count). The highest BCUT2D eigenvalue weighted by Crippen LogP contribution is 2.15. The molecule has 0 aliphatic carbocycles. The van der Waals surface area contributed by atoms with Crippen LogP contribution in [0.25, 0.3) is 10.5 Å². The van der Waals surface area contributed by atoms with E-state index in [9.17, 15) is 0 Å². The zero-order valence-electron chi connectivity index (χ0n) is 5.35. The summed E-state index contributed by atoms with van der Waals surface area (Å²) in [6, 6.07) is 1.94. The lowest BCUT2D eigenvalue weighted by molar-refractivity contribution is 1.25. The number of hydrogen-bond donors (Lipinski definition) is 0. The van der Waals surface area contributed by atoms with E-state index in [1.165, 1.54) is 11.3 Å². The minimum atomic E-state index is 0.409. The van der Waals surface area contributed by atoms with Crippen LogP contribution in [0.3, 0.4) is 0 Å². The van der Waals surface area contributed by atoms with Crippen molar-refractivity contribution in [2.24, 2.45) is 0 Å². The molecule has 2 aromatic heterocycles. The molecule has 0 saturated heterocycles. The van der Waals surface area contributed by atoms with Gasteiger partial charge in [0.05, 0.1) is 0 Å². The SMILES string of the molecule is N#Cc1nc2nccnc2s1. The number of fused-ring (bicyclic) bond motifs is 1. The molecule has 0 amide bonds. The van der Waals surface area contributed by atoms with Crippen molar-refractivity contribution in [1.29, 1.82) is 5.26 Å². The normalized spacial score (nSPS) is 9.73. The second-order valence-electron chi connectivity index (χ2n) is 1.82. The molecule has 2 heterocycles. The Kier molecular flexibility index (Phi) is 1.27. The largest absolute Gasteiger partial charge is 0.240 e. The monoisotopic (exact) mass is 162 g/mol. The third-order valence-corrected chi connectivity index (χ3v) is 2.00. The van der Waals surface area contributed by atoms with Gasteiger partial charge in [-0.25, -0.2) is 15.0 Å². The first-order valence-electron chi connectivity index (χ1n) is 2.88. The summed E-state index contributed by atoms with van der Waals surface area (Å²) in [5.41, 5.74) is 0.550. The molecular weight excluding hydrogens is 160 g/mol. The molecule has 2 aromatic rings. The second kappa shape index (κ2) is 2.25. The number of thiazole rings is 1. The third kappa shape index (κ3) is 0.932. The minimum Gasteiger partial charge on any atom is -0.240 e. The molecular formula is C6H2N4S. The van der Waals surface area contributed by atoms with Crippen molar-refractivity contribution in [1.82, 2.24) is 15.0 Å². The summed E-state index contributed by atoms with van der Waals surface area (Å²) >= 11 is 1.25. The zero-order chi connectivity index (χ0) is 7.68. The smallest absolute Gasteiger partial charge is 0.198 e. The Morgan fingerprint density at radius 2 is 2.18 bits per heavy atom. The number of rotatable bonds is 0. The van der Waals surface area contributed by atoms with Gasteiger partial charge in [0.25, 0.3) is 0 Å². The maximum absolute atomic E-state index is 8.48. The van der Waals surface area contributed by atoms with E-state index in [-0.39, 0.29) is 0 Å². The van der Waals surface area contributed by atoms with Gasteiger partial charge in [0.2, 0.25) is 0 Å². The Labute approximate surface area is 66.2 Å². The topological polar surface area (TPSA) is 62.5 Å². The molecule has 0 aliphatic heterocycles. The van der Waals surface area contributed by atoms with Crippen LogP contribution in [0.1, 0.15) is 5.01 Å². The van der Waals surface area contributed by atoms with Gasteiger partial charge in [0, 0.05) is 12.4 Å². The summed E-state index contributed by atoms with van der Waals surface area (Å²) in [5, 5.41) is 8.89. The molecule has 0 fully saturated rings. The third-order valence-electron chi connectivity index (χ3n) is 1.14. The van der Waals surface area contributed by atoms with E-state index < -0.39 is 0 Å². The summed E-state index contributed by atoms with van der Waals surface area (Å²) in [5.74, 6) is 0. The highest BCUT2D eigenvalue weighted by atomic mass is 32.1. The van der Waals surface area contributed by atoms with Crippen LogP contribution in [0.4, 0.5) is 0 Å². The van der Waals surface area contributed by atoms with E-state index in [1.807, 2.05) is 6.07 Å². The minimum absolute atomic E-state index is 0.409. The number of aromatic nitrogens is 3. The van der Waals surface area contributed by atoms with Gasteiger partial charge in [0.15, 0.2) is 15.5 Å². The highest BCUT2D eigenvalue weighted by Gasteiger charge is 2.02. The first-order chi connectivity index (χ1) is 5.40. The van der Waals surface area contributed by atoms with Gasteiger partial charge in [-0.3, -0.25) is 0 Å². The Balaban J connectivity index is 2.81. The lowest BCUT2D eigenvalue weighted by Gasteiger charge is -1.79. The van der Waals surface area contributed by atoms with Gasteiger partial charge in [-0.05, 0) is 0 Å². The first kappa shape index (κ1) is 6.19. The molecule has 0 unspecified atom stereocenters. The number of hydrogen-bond acceptors (Lipinski definition) is 5. The molecule has 0 saturated carbocycles. The van der Waals surface area contributed by atoms with Crippen molar-refractivity contribution < 1.29 is 0 Å². The fourth-order valence-corrected chi connectivity index (χ4v) is 1.39. The molecule has 11 heavy (non-hydrogen) atoms. The van der Waals surface area contributed by atoms with E-state index in [0.717, 1.165) is 0 Å². The average molecular weight is 162 g/mol. The fraction of sp³-hybridized carbons (Fsp3) is 0. The van der Waals surface area contributed by atoms with Crippen molar-refractivity contribution in [3.8, 4) is 6.07 Å².